The van der Waals surface area contributed by atoms with Gasteiger partial charge in [-0.25, -0.2) is 9.79 Å². The molecule has 4 rings (SSSR count). The van der Waals surface area contributed by atoms with E-state index in [4.69, 9.17) is 21.1 Å². The fourth-order valence-electron chi connectivity index (χ4n) is 4.75. The highest BCUT2D eigenvalue weighted by Crippen LogP contribution is 2.35. The maximum absolute atomic E-state index is 13.0. The van der Waals surface area contributed by atoms with Crippen molar-refractivity contribution in [2.75, 3.05) is 33.4 Å². The van der Waals surface area contributed by atoms with Gasteiger partial charge in [-0.3, -0.25) is 9.59 Å². The van der Waals surface area contributed by atoms with Crippen molar-refractivity contribution >= 4 is 35.2 Å². The largest absolute Gasteiger partial charge is 0.490 e. The molecule has 10 heteroatoms. The molecule has 3 aromatic rings. The Bertz CT molecular complexity index is 1400. The number of para-hydroxylation sites is 1. The molecule has 3 aromatic carbocycles. The van der Waals surface area contributed by atoms with Gasteiger partial charge in [0.2, 0.25) is 0 Å². The van der Waals surface area contributed by atoms with E-state index >= 15 is 0 Å². The van der Waals surface area contributed by atoms with E-state index in [1.54, 1.807) is 67.4 Å². The van der Waals surface area contributed by atoms with E-state index in [2.05, 4.69) is 4.99 Å². The molecule has 0 fully saturated rings. The number of amides is 3. The molecule has 2 unspecified atom stereocenters. The Kier molecular flexibility index (Phi) is 9.97. The van der Waals surface area contributed by atoms with Crippen LogP contribution in [0, 0.1) is 5.92 Å². The van der Waals surface area contributed by atoms with Crippen molar-refractivity contribution in [3.05, 3.63) is 95.0 Å². The smallest absolute Gasteiger partial charge is 0.344 e. The van der Waals surface area contributed by atoms with Gasteiger partial charge in [0.05, 0.1) is 6.04 Å². The van der Waals surface area contributed by atoms with Crippen LogP contribution in [0.1, 0.15) is 35.3 Å². The van der Waals surface area contributed by atoms with E-state index in [1.807, 2.05) is 30.3 Å². The minimum atomic E-state index is -1.07. The van der Waals surface area contributed by atoms with Crippen molar-refractivity contribution in [2.24, 2.45) is 10.9 Å². The summed E-state index contributed by atoms with van der Waals surface area (Å²) in [5.41, 5.74) is 1.36. The third-order valence-electron chi connectivity index (χ3n) is 6.78. The van der Waals surface area contributed by atoms with Crippen molar-refractivity contribution in [3.63, 3.8) is 0 Å². The van der Waals surface area contributed by atoms with E-state index in [0.717, 1.165) is 5.75 Å². The Labute approximate surface area is 244 Å². The summed E-state index contributed by atoms with van der Waals surface area (Å²) in [5, 5.41) is 10.4. The number of carboxylic acids is 1. The number of ether oxygens (including phenoxy) is 2. The number of carbonyl (C=O) groups excluding carboxylic acids is 2. The number of carboxylic acid groups (broad SMARTS) is 1. The van der Waals surface area contributed by atoms with Crippen LogP contribution in [0.4, 0.5) is 4.79 Å². The lowest BCUT2D eigenvalue weighted by atomic mass is 9.87. The van der Waals surface area contributed by atoms with Gasteiger partial charge in [0.15, 0.2) is 0 Å². The van der Waals surface area contributed by atoms with Crippen LogP contribution in [-0.2, 0) is 4.79 Å². The molecule has 1 aliphatic heterocycles. The summed E-state index contributed by atoms with van der Waals surface area (Å²) >= 11 is 6.18. The van der Waals surface area contributed by atoms with Crippen LogP contribution >= 0.6 is 11.6 Å². The second-order valence-corrected chi connectivity index (χ2v) is 10.1. The van der Waals surface area contributed by atoms with Gasteiger partial charge in [-0.05, 0) is 67.4 Å². The van der Waals surface area contributed by atoms with Crippen molar-refractivity contribution in [1.29, 1.82) is 0 Å². The number of carbonyl (C=O) groups is 3. The number of nitrogens with zero attached hydrogens (tertiary/aromatic N) is 3. The molecule has 1 N–H and O–H groups in total. The first-order valence-corrected chi connectivity index (χ1v) is 13.6. The normalized spacial score (nSPS) is 16.6. The molecule has 0 saturated carbocycles. The van der Waals surface area contributed by atoms with Crippen molar-refractivity contribution in [1.82, 2.24) is 9.80 Å². The van der Waals surface area contributed by atoms with Gasteiger partial charge < -0.3 is 24.4 Å². The predicted octanol–water partition coefficient (Wildman–Crippen LogP) is 5.60. The second-order valence-electron chi connectivity index (χ2n) is 9.66. The first-order valence-electron chi connectivity index (χ1n) is 13.2. The highest BCUT2D eigenvalue weighted by Gasteiger charge is 2.42. The fraction of sp³-hybridized carbons (Fsp3) is 0.290. The SMILES string of the molecule is CC1=NC(=O)N(CCCN(C)C(=O)c2ccc(OCCOc3ccccc3)cc2)C(c2cccc(Cl)c2)C1C(=O)O. The molecule has 2 atom stereocenters. The summed E-state index contributed by atoms with van der Waals surface area (Å²) in [6.07, 6.45) is 0.425. The van der Waals surface area contributed by atoms with Crippen molar-refractivity contribution < 1.29 is 29.0 Å². The molecule has 214 valence electrons. The molecule has 9 nitrogen and oxygen atoms in total. The molecule has 0 aliphatic carbocycles. The molecule has 0 aromatic heterocycles. The summed E-state index contributed by atoms with van der Waals surface area (Å²) in [4.78, 5) is 45.0. The Hall–Kier alpha value is -4.37. The molecule has 1 heterocycles. The number of urea groups is 1. The van der Waals surface area contributed by atoms with Crippen LogP contribution in [0.15, 0.2) is 83.9 Å². The summed E-state index contributed by atoms with van der Waals surface area (Å²) in [6.45, 7) is 2.86. The van der Waals surface area contributed by atoms with Crippen LogP contribution in [0.2, 0.25) is 5.02 Å². The van der Waals surface area contributed by atoms with Crippen LogP contribution in [0.25, 0.3) is 0 Å². The van der Waals surface area contributed by atoms with E-state index in [9.17, 15) is 19.5 Å². The van der Waals surface area contributed by atoms with Crippen molar-refractivity contribution in [2.45, 2.75) is 19.4 Å². The molecule has 0 spiro atoms. The maximum Gasteiger partial charge on any atom is 0.344 e. The number of benzene rings is 3. The zero-order chi connectivity index (χ0) is 29.4. The topological polar surface area (TPSA) is 109 Å². The lowest BCUT2D eigenvalue weighted by molar-refractivity contribution is -0.141. The van der Waals surface area contributed by atoms with Gasteiger partial charge >= 0.3 is 12.0 Å². The zero-order valence-corrected chi connectivity index (χ0v) is 23.7. The molecule has 1 aliphatic rings. The number of aliphatic imine (C=N–C) groups is 1. The average Bonchev–Trinajstić information content (AvgIpc) is 2.96. The van der Waals surface area contributed by atoms with Crippen LogP contribution in [0.5, 0.6) is 11.5 Å². The highest BCUT2D eigenvalue weighted by atomic mass is 35.5. The molecule has 3 amide bonds. The Morgan fingerprint density at radius 3 is 2.27 bits per heavy atom. The molecule has 41 heavy (non-hydrogen) atoms. The van der Waals surface area contributed by atoms with Gasteiger partial charge in [-0.2, -0.15) is 0 Å². The molecular formula is C31H32ClN3O6. The lowest BCUT2D eigenvalue weighted by Gasteiger charge is -2.38. The molecule has 0 radical (unpaired) electrons. The van der Waals surface area contributed by atoms with Crippen molar-refractivity contribution in [3.8, 4) is 11.5 Å². The average molecular weight is 578 g/mol. The summed E-state index contributed by atoms with van der Waals surface area (Å²) in [6, 6.07) is 21.9. The lowest BCUT2D eigenvalue weighted by Crippen LogP contribution is -2.47. The van der Waals surface area contributed by atoms with E-state index in [-0.39, 0.29) is 18.2 Å². The minimum absolute atomic E-state index is 0.183. The first-order chi connectivity index (χ1) is 19.7. The highest BCUT2D eigenvalue weighted by molar-refractivity contribution is 6.30. The minimum Gasteiger partial charge on any atom is -0.490 e. The molecule has 0 bridgehead atoms. The number of rotatable bonds is 12. The summed E-state index contributed by atoms with van der Waals surface area (Å²) < 4.78 is 11.3. The van der Waals surface area contributed by atoms with E-state index in [1.165, 1.54) is 4.90 Å². The third kappa shape index (κ3) is 7.64. The Morgan fingerprint density at radius 2 is 1.63 bits per heavy atom. The van der Waals surface area contributed by atoms with E-state index in [0.29, 0.717) is 48.1 Å². The molecule has 0 saturated heterocycles. The van der Waals surface area contributed by atoms with Gasteiger partial charge in [0.25, 0.3) is 5.91 Å². The number of hydrogen-bond donors (Lipinski definition) is 1. The quantitative estimate of drug-likeness (QED) is 0.281. The van der Waals surface area contributed by atoms with Gasteiger partial charge in [-0.15, -0.1) is 0 Å². The Balaban J connectivity index is 1.32. The third-order valence-corrected chi connectivity index (χ3v) is 7.02. The van der Waals surface area contributed by atoms with Gasteiger partial charge in [0, 0.05) is 36.4 Å². The monoisotopic (exact) mass is 577 g/mol. The molecular weight excluding hydrogens is 546 g/mol. The van der Waals surface area contributed by atoms with Crippen LogP contribution in [-0.4, -0.2) is 71.9 Å². The Morgan fingerprint density at radius 1 is 0.976 bits per heavy atom. The first kappa shape index (κ1) is 29.6. The second kappa shape index (κ2) is 13.8. The standard InChI is InChI=1S/C31H32ClN3O6/c1-21-27(30(37)38)28(23-8-6-9-24(32)20-23)35(31(39)33-21)17-7-16-34(2)29(36)22-12-14-26(15-13-22)41-19-18-40-25-10-4-3-5-11-25/h3-6,8-15,20,27-28H,7,16-19H2,1-2H3,(H,37,38). The van der Waals surface area contributed by atoms with Gasteiger partial charge in [0.1, 0.15) is 30.6 Å². The number of aliphatic carboxylic acids is 1. The van der Waals surface area contributed by atoms with E-state index < -0.39 is 24.0 Å². The van der Waals surface area contributed by atoms with Crippen LogP contribution < -0.4 is 9.47 Å². The number of halogens is 1. The zero-order valence-electron chi connectivity index (χ0n) is 22.9. The van der Waals surface area contributed by atoms with Gasteiger partial charge in [-0.1, -0.05) is 41.9 Å². The number of hydrogen-bond acceptors (Lipinski definition) is 5. The maximum atomic E-state index is 13.0. The summed E-state index contributed by atoms with van der Waals surface area (Å²) in [7, 11) is 1.68. The van der Waals surface area contributed by atoms with Crippen LogP contribution in [0.3, 0.4) is 0 Å². The fourth-order valence-corrected chi connectivity index (χ4v) is 4.95. The summed E-state index contributed by atoms with van der Waals surface area (Å²) in [5.74, 6) is -0.861. The predicted molar refractivity (Wildman–Crippen MR) is 156 cm³/mol.